The van der Waals surface area contributed by atoms with Crippen molar-refractivity contribution in [3.63, 3.8) is 0 Å². The molecular weight excluding hydrogens is 278 g/mol. The normalized spacial score (nSPS) is 24.4. The fourth-order valence-corrected chi connectivity index (χ4v) is 4.54. The fourth-order valence-electron chi connectivity index (χ4n) is 3.03. The average molecular weight is 299 g/mol. The molecule has 1 heterocycles. The van der Waals surface area contributed by atoms with E-state index in [0.29, 0.717) is 5.92 Å². The van der Waals surface area contributed by atoms with Gasteiger partial charge >= 0.3 is 0 Å². The number of ether oxygens (including phenoxy) is 1. The zero-order valence-electron chi connectivity index (χ0n) is 12.7. The van der Waals surface area contributed by atoms with E-state index in [1.165, 1.54) is 16.0 Å². The summed E-state index contributed by atoms with van der Waals surface area (Å²) in [5.41, 5.74) is 9.65. The molecule has 0 amide bonds. The third-order valence-electron chi connectivity index (χ3n) is 4.74. The standard InChI is InChI=1S/C18H21NOS/c1-12-16-9-6-14(19)10-17(16)21-11-18(12,2)13-4-7-15(20-3)8-5-13/h4-10,12H,11,19H2,1-3H3. The molecule has 3 rings (SSSR count). The van der Waals surface area contributed by atoms with Crippen molar-refractivity contribution in [1.29, 1.82) is 0 Å². The monoisotopic (exact) mass is 299 g/mol. The van der Waals surface area contributed by atoms with Gasteiger partial charge in [0.05, 0.1) is 7.11 Å². The first kappa shape index (κ1) is 14.3. The number of nitrogen functional groups attached to an aromatic ring is 1. The molecule has 2 unspecified atom stereocenters. The lowest BCUT2D eigenvalue weighted by molar-refractivity contribution is 0.411. The van der Waals surface area contributed by atoms with Crippen LogP contribution in [0.4, 0.5) is 5.69 Å². The largest absolute Gasteiger partial charge is 0.497 e. The van der Waals surface area contributed by atoms with Gasteiger partial charge in [-0.05, 0) is 41.3 Å². The van der Waals surface area contributed by atoms with Crippen molar-refractivity contribution >= 4 is 17.4 Å². The molecule has 0 bridgehead atoms. The van der Waals surface area contributed by atoms with Gasteiger partial charge in [0.25, 0.3) is 0 Å². The number of hydrogen-bond donors (Lipinski definition) is 1. The number of anilines is 1. The predicted octanol–water partition coefficient (Wildman–Crippen LogP) is 4.44. The lowest BCUT2D eigenvalue weighted by Crippen LogP contribution is -2.34. The number of benzene rings is 2. The van der Waals surface area contributed by atoms with Crippen LogP contribution in [0, 0.1) is 0 Å². The topological polar surface area (TPSA) is 35.2 Å². The second kappa shape index (κ2) is 5.30. The van der Waals surface area contributed by atoms with E-state index < -0.39 is 0 Å². The van der Waals surface area contributed by atoms with Gasteiger partial charge in [0, 0.05) is 21.8 Å². The van der Waals surface area contributed by atoms with Crippen LogP contribution in [0.5, 0.6) is 5.75 Å². The fraction of sp³-hybridized carbons (Fsp3) is 0.333. The predicted molar refractivity (Wildman–Crippen MR) is 90.3 cm³/mol. The van der Waals surface area contributed by atoms with Crippen molar-refractivity contribution < 1.29 is 4.74 Å². The van der Waals surface area contributed by atoms with Gasteiger partial charge in [-0.3, -0.25) is 0 Å². The molecule has 1 aliphatic rings. The van der Waals surface area contributed by atoms with Crippen LogP contribution in [-0.4, -0.2) is 12.9 Å². The minimum absolute atomic E-state index is 0.125. The molecule has 3 heteroatoms. The Labute approximate surface area is 130 Å². The van der Waals surface area contributed by atoms with Crippen LogP contribution in [0.15, 0.2) is 47.4 Å². The summed E-state index contributed by atoms with van der Waals surface area (Å²) in [6, 6.07) is 14.8. The average Bonchev–Trinajstić information content (AvgIpc) is 2.51. The Morgan fingerprint density at radius 2 is 1.90 bits per heavy atom. The van der Waals surface area contributed by atoms with Gasteiger partial charge in [0.15, 0.2) is 0 Å². The molecule has 2 nitrogen and oxygen atoms in total. The Bertz CT molecular complexity index is 653. The van der Waals surface area contributed by atoms with Crippen LogP contribution < -0.4 is 10.5 Å². The highest BCUT2D eigenvalue weighted by Gasteiger charge is 2.38. The van der Waals surface area contributed by atoms with Crippen LogP contribution in [0.2, 0.25) is 0 Å². The Hall–Kier alpha value is -1.61. The van der Waals surface area contributed by atoms with Gasteiger partial charge in [-0.15, -0.1) is 11.8 Å². The highest BCUT2D eigenvalue weighted by molar-refractivity contribution is 7.99. The minimum Gasteiger partial charge on any atom is -0.497 e. The Morgan fingerprint density at radius 1 is 1.19 bits per heavy atom. The first-order chi connectivity index (χ1) is 10.0. The second-order valence-electron chi connectivity index (χ2n) is 5.95. The van der Waals surface area contributed by atoms with Crippen LogP contribution in [0.25, 0.3) is 0 Å². The van der Waals surface area contributed by atoms with Crippen LogP contribution in [-0.2, 0) is 5.41 Å². The quantitative estimate of drug-likeness (QED) is 0.832. The number of thioether (sulfide) groups is 1. The number of rotatable bonds is 2. The summed E-state index contributed by atoms with van der Waals surface area (Å²) in [5.74, 6) is 2.44. The van der Waals surface area contributed by atoms with E-state index >= 15 is 0 Å². The third-order valence-corrected chi connectivity index (χ3v) is 6.15. The molecule has 0 radical (unpaired) electrons. The van der Waals surface area contributed by atoms with Crippen molar-refractivity contribution in [2.45, 2.75) is 30.1 Å². The van der Waals surface area contributed by atoms with E-state index in [1.807, 2.05) is 17.8 Å². The van der Waals surface area contributed by atoms with E-state index in [2.05, 4.69) is 50.2 Å². The molecule has 1 aliphatic heterocycles. The van der Waals surface area contributed by atoms with Crippen LogP contribution in [0.3, 0.4) is 0 Å². The molecule has 0 spiro atoms. The summed E-state index contributed by atoms with van der Waals surface area (Å²) in [4.78, 5) is 1.33. The van der Waals surface area contributed by atoms with Gasteiger partial charge < -0.3 is 10.5 Å². The highest BCUT2D eigenvalue weighted by Crippen LogP contribution is 2.50. The molecule has 110 valence electrons. The number of fused-ring (bicyclic) bond motifs is 1. The second-order valence-corrected chi connectivity index (χ2v) is 6.97. The summed E-state index contributed by atoms with van der Waals surface area (Å²) in [5, 5.41) is 0. The molecule has 2 N–H and O–H groups in total. The highest BCUT2D eigenvalue weighted by atomic mass is 32.2. The summed E-state index contributed by atoms with van der Waals surface area (Å²) in [6.07, 6.45) is 0. The maximum atomic E-state index is 5.91. The zero-order valence-corrected chi connectivity index (χ0v) is 13.5. The lowest BCUT2D eigenvalue weighted by Gasteiger charge is -2.41. The van der Waals surface area contributed by atoms with Crippen molar-refractivity contribution in [3.8, 4) is 5.75 Å². The van der Waals surface area contributed by atoms with Crippen molar-refractivity contribution in [3.05, 3.63) is 53.6 Å². The van der Waals surface area contributed by atoms with Crippen LogP contribution >= 0.6 is 11.8 Å². The van der Waals surface area contributed by atoms with Crippen molar-refractivity contribution in [2.75, 3.05) is 18.6 Å². The first-order valence-electron chi connectivity index (χ1n) is 7.21. The summed E-state index contributed by atoms with van der Waals surface area (Å²) in [7, 11) is 1.70. The Balaban J connectivity index is 2.00. The SMILES string of the molecule is COc1ccc(C2(C)CSc3cc(N)ccc3C2C)cc1. The molecule has 21 heavy (non-hydrogen) atoms. The van der Waals surface area contributed by atoms with Crippen LogP contribution in [0.1, 0.15) is 30.9 Å². The van der Waals surface area contributed by atoms with E-state index in [1.54, 1.807) is 7.11 Å². The van der Waals surface area contributed by atoms with Gasteiger partial charge in [0.2, 0.25) is 0 Å². The Kier molecular flexibility index (Phi) is 3.62. The molecule has 0 fully saturated rings. The van der Waals surface area contributed by atoms with Gasteiger partial charge in [-0.25, -0.2) is 0 Å². The number of hydrogen-bond acceptors (Lipinski definition) is 3. The van der Waals surface area contributed by atoms with E-state index in [0.717, 1.165) is 17.2 Å². The minimum atomic E-state index is 0.125. The maximum Gasteiger partial charge on any atom is 0.118 e. The molecule has 0 aromatic heterocycles. The number of nitrogens with two attached hydrogens (primary N) is 1. The van der Waals surface area contributed by atoms with Gasteiger partial charge in [-0.2, -0.15) is 0 Å². The van der Waals surface area contributed by atoms with E-state index in [9.17, 15) is 0 Å². The summed E-state index contributed by atoms with van der Waals surface area (Å²) < 4.78 is 5.27. The zero-order chi connectivity index (χ0) is 15.0. The maximum absolute atomic E-state index is 5.91. The molecule has 2 aromatic carbocycles. The Morgan fingerprint density at radius 3 is 2.57 bits per heavy atom. The smallest absolute Gasteiger partial charge is 0.118 e. The first-order valence-corrected chi connectivity index (χ1v) is 8.20. The van der Waals surface area contributed by atoms with Crippen molar-refractivity contribution in [2.24, 2.45) is 0 Å². The van der Waals surface area contributed by atoms with Crippen molar-refractivity contribution in [1.82, 2.24) is 0 Å². The third kappa shape index (κ3) is 2.40. The van der Waals surface area contributed by atoms with Gasteiger partial charge in [0.1, 0.15) is 5.75 Å². The molecule has 2 aromatic rings. The molecule has 0 saturated heterocycles. The summed E-state index contributed by atoms with van der Waals surface area (Å²) in [6.45, 7) is 4.67. The molecule has 0 aliphatic carbocycles. The lowest BCUT2D eigenvalue weighted by atomic mass is 9.71. The van der Waals surface area contributed by atoms with E-state index in [4.69, 9.17) is 10.5 Å². The van der Waals surface area contributed by atoms with E-state index in [-0.39, 0.29) is 5.41 Å². The summed E-state index contributed by atoms with van der Waals surface area (Å²) >= 11 is 1.91. The molecular formula is C18H21NOS. The molecule has 0 saturated carbocycles. The number of methoxy groups -OCH3 is 1. The molecule has 2 atom stereocenters. The van der Waals surface area contributed by atoms with Gasteiger partial charge in [-0.1, -0.05) is 32.0 Å².